The lowest BCUT2D eigenvalue weighted by atomic mass is 10.2. The number of H-pyrrole nitrogens is 1. The Kier molecular flexibility index (Phi) is 5.65. The van der Waals surface area contributed by atoms with Crippen LogP contribution in [0.4, 0.5) is 4.79 Å². The Balaban J connectivity index is 2.34. The van der Waals surface area contributed by atoms with Crippen LogP contribution in [-0.4, -0.2) is 47.1 Å². The number of methoxy groups -OCH3 is 1. The number of hydrogen-bond acceptors (Lipinski definition) is 4. The van der Waals surface area contributed by atoms with Gasteiger partial charge >= 0.3 is 12.0 Å². The Morgan fingerprint density at radius 3 is 2.94 bits per heavy atom. The van der Waals surface area contributed by atoms with Crippen molar-refractivity contribution in [2.45, 2.75) is 19.0 Å². The number of amides is 2. The summed E-state index contributed by atoms with van der Waals surface area (Å²) in [7, 11) is 1.47. The number of nitrogens with one attached hydrogen (secondary N) is 3. The fourth-order valence-corrected chi connectivity index (χ4v) is 1.26. The maximum absolute atomic E-state index is 11.5. The van der Waals surface area contributed by atoms with Crippen molar-refractivity contribution >= 4 is 12.0 Å². The summed E-state index contributed by atoms with van der Waals surface area (Å²) < 4.78 is 4.78. The van der Waals surface area contributed by atoms with Crippen molar-refractivity contribution in [2.75, 3.05) is 13.7 Å². The van der Waals surface area contributed by atoms with E-state index in [1.54, 1.807) is 12.4 Å². The smallest absolute Gasteiger partial charge is 0.326 e. The minimum absolute atomic E-state index is 0.213. The van der Waals surface area contributed by atoms with Crippen LogP contribution in [0.2, 0.25) is 0 Å². The maximum Gasteiger partial charge on any atom is 0.326 e. The van der Waals surface area contributed by atoms with E-state index < -0.39 is 18.0 Å². The van der Waals surface area contributed by atoms with Gasteiger partial charge in [-0.1, -0.05) is 0 Å². The molecule has 0 aromatic carbocycles. The van der Waals surface area contributed by atoms with Crippen LogP contribution >= 0.6 is 0 Å². The van der Waals surface area contributed by atoms with Gasteiger partial charge in [-0.3, -0.25) is 5.10 Å². The second-order valence-electron chi connectivity index (χ2n) is 3.61. The summed E-state index contributed by atoms with van der Waals surface area (Å²) in [6.45, 7) is 0.540. The van der Waals surface area contributed by atoms with E-state index in [-0.39, 0.29) is 19.6 Å². The van der Waals surface area contributed by atoms with Crippen LogP contribution in [-0.2, 0) is 16.1 Å². The molecule has 8 nitrogen and oxygen atoms in total. The van der Waals surface area contributed by atoms with Crippen molar-refractivity contribution in [1.82, 2.24) is 20.8 Å². The Morgan fingerprint density at radius 2 is 2.39 bits per heavy atom. The molecule has 1 rings (SSSR count). The normalized spacial score (nSPS) is 11.8. The van der Waals surface area contributed by atoms with Crippen LogP contribution in [0, 0.1) is 0 Å². The molecule has 1 heterocycles. The van der Waals surface area contributed by atoms with Gasteiger partial charge in [0.2, 0.25) is 0 Å². The van der Waals surface area contributed by atoms with E-state index in [4.69, 9.17) is 9.84 Å². The molecule has 100 valence electrons. The van der Waals surface area contributed by atoms with E-state index >= 15 is 0 Å². The molecule has 1 unspecified atom stereocenters. The van der Waals surface area contributed by atoms with Gasteiger partial charge in [-0.2, -0.15) is 5.10 Å². The average Bonchev–Trinajstić information content (AvgIpc) is 2.84. The summed E-state index contributed by atoms with van der Waals surface area (Å²) in [6, 6.07) is -1.51. The Labute approximate surface area is 104 Å². The van der Waals surface area contributed by atoms with Crippen molar-refractivity contribution in [1.29, 1.82) is 0 Å². The first-order valence-corrected chi connectivity index (χ1v) is 5.37. The van der Waals surface area contributed by atoms with E-state index in [1.165, 1.54) is 7.11 Å². The van der Waals surface area contributed by atoms with Crippen molar-refractivity contribution < 1.29 is 19.4 Å². The molecule has 1 atom stereocenters. The molecule has 0 fully saturated rings. The highest BCUT2D eigenvalue weighted by Gasteiger charge is 2.19. The largest absolute Gasteiger partial charge is 0.480 e. The molecule has 0 aliphatic carbocycles. The summed E-state index contributed by atoms with van der Waals surface area (Å²) in [5.74, 6) is -1.09. The SMILES string of the molecule is COCCC(NC(=O)NCc1cn[nH]c1)C(=O)O. The van der Waals surface area contributed by atoms with E-state index in [1.807, 2.05) is 0 Å². The lowest BCUT2D eigenvalue weighted by molar-refractivity contribution is -0.139. The highest BCUT2D eigenvalue weighted by atomic mass is 16.5. The quantitative estimate of drug-likeness (QED) is 0.534. The number of carboxylic acids is 1. The molecule has 1 aromatic rings. The fraction of sp³-hybridized carbons (Fsp3) is 0.500. The van der Waals surface area contributed by atoms with Crippen LogP contribution in [0.5, 0.6) is 0 Å². The molecular weight excluding hydrogens is 240 g/mol. The number of urea groups is 1. The van der Waals surface area contributed by atoms with Crippen molar-refractivity contribution in [3.63, 3.8) is 0 Å². The minimum Gasteiger partial charge on any atom is -0.480 e. The summed E-state index contributed by atoms with van der Waals surface area (Å²) in [5, 5.41) is 20.1. The minimum atomic E-state index is -1.09. The Bertz CT molecular complexity index is 379. The molecule has 8 heteroatoms. The van der Waals surface area contributed by atoms with Gasteiger partial charge in [-0.25, -0.2) is 9.59 Å². The van der Waals surface area contributed by atoms with E-state index in [0.29, 0.717) is 0 Å². The van der Waals surface area contributed by atoms with Crippen LogP contribution in [0.15, 0.2) is 12.4 Å². The Hall–Kier alpha value is -2.09. The second kappa shape index (κ2) is 7.28. The van der Waals surface area contributed by atoms with Gasteiger partial charge in [0.1, 0.15) is 6.04 Å². The van der Waals surface area contributed by atoms with E-state index in [0.717, 1.165) is 5.56 Å². The molecule has 0 aliphatic heterocycles. The van der Waals surface area contributed by atoms with Crippen LogP contribution < -0.4 is 10.6 Å². The first kappa shape index (κ1) is 14.0. The topological polar surface area (TPSA) is 116 Å². The van der Waals surface area contributed by atoms with Gasteiger partial charge in [0, 0.05) is 38.4 Å². The van der Waals surface area contributed by atoms with Crippen molar-refractivity contribution in [2.24, 2.45) is 0 Å². The number of rotatable bonds is 7. The third-order valence-corrected chi connectivity index (χ3v) is 2.22. The standard InChI is InChI=1S/C10H16N4O4/c1-18-3-2-8(9(15)16)14-10(17)11-4-7-5-12-13-6-7/h5-6,8H,2-4H2,1H3,(H,12,13)(H,15,16)(H2,11,14,17). The van der Waals surface area contributed by atoms with Gasteiger partial charge < -0.3 is 20.5 Å². The number of aromatic amines is 1. The molecule has 0 aliphatic rings. The molecular formula is C10H16N4O4. The number of nitrogens with zero attached hydrogens (tertiary/aromatic N) is 1. The van der Waals surface area contributed by atoms with Gasteiger partial charge in [0.05, 0.1) is 6.20 Å². The molecule has 0 saturated carbocycles. The number of carbonyl (C=O) groups excluding carboxylic acids is 1. The number of ether oxygens (including phenoxy) is 1. The second-order valence-corrected chi connectivity index (χ2v) is 3.61. The first-order valence-electron chi connectivity index (χ1n) is 5.37. The molecule has 4 N–H and O–H groups in total. The summed E-state index contributed by atoms with van der Waals surface area (Å²) in [6.07, 6.45) is 3.42. The van der Waals surface area contributed by atoms with Gasteiger partial charge in [0.15, 0.2) is 0 Å². The zero-order valence-electron chi connectivity index (χ0n) is 9.97. The predicted octanol–water partition coefficient (Wildman–Crippen LogP) is -0.301. The van der Waals surface area contributed by atoms with Gasteiger partial charge in [-0.05, 0) is 0 Å². The predicted molar refractivity (Wildman–Crippen MR) is 61.9 cm³/mol. The van der Waals surface area contributed by atoms with Crippen molar-refractivity contribution in [3.05, 3.63) is 18.0 Å². The van der Waals surface area contributed by atoms with Gasteiger partial charge in [-0.15, -0.1) is 0 Å². The molecule has 1 aromatic heterocycles. The molecule has 18 heavy (non-hydrogen) atoms. The molecule has 2 amide bonds. The van der Waals surface area contributed by atoms with Crippen LogP contribution in [0.25, 0.3) is 0 Å². The Morgan fingerprint density at radius 1 is 1.61 bits per heavy atom. The average molecular weight is 256 g/mol. The molecule has 0 bridgehead atoms. The summed E-state index contributed by atoms with van der Waals surface area (Å²) >= 11 is 0. The van der Waals surface area contributed by atoms with E-state index in [2.05, 4.69) is 20.8 Å². The van der Waals surface area contributed by atoms with Crippen LogP contribution in [0.1, 0.15) is 12.0 Å². The zero-order chi connectivity index (χ0) is 13.4. The summed E-state index contributed by atoms with van der Waals surface area (Å²) in [5.41, 5.74) is 0.800. The number of aliphatic carboxylic acids is 1. The monoisotopic (exact) mass is 256 g/mol. The third-order valence-electron chi connectivity index (χ3n) is 2.22. The van der Waals surface area contributed by atoms with Crippen LogP contribution in [0.3, 0.4) is 0 Å². The zero-order valence-corrected chi connectivity index (χ0v) is 9.97. The lowest BCUT2D eigenvalue weighted by Crippen LogP contribution is -2.46. The molecule has 0 radical (unpaired) electrons. The lowest BCUT2D eigenvalue weighted by Gasteiger charge is -2.14. The third kappa shape index (κ3) is 4.83. The maximum atomic E-state index is 11.5. The number of carboxylic acid groups (broad SMARTS) is 1. The highest BCUT2D eigenvalue weighted by Crippen LogP contribution is 1.95. The highest BCUT2D eigenvalue weighted by molar-refractivity contribution is 5.82. The molecule has 0 saturated heterocycles. The number of carbonyl (C=O) groups is 2. The number of hydrogen-bond donors (Lipinski definition) is 4. The first-order chi connectivity index (χ1) is 8.63. The van der Waals surface area contributed by atoms with Gasteiger partial charge in [0.25, 0.3) is 0 Å². The fourth-order valence-electron chi connectivity index (χ4n) is 1.26. The summed E-state index contributed by atoms with van der Waals surface area (Å²) in [4.78, 5) is 22.3. The number of aromatic nitrogens is 2. The molecule has 0 spiro atoms. The van der Waals surface area contributed by atoms with E-state index in [9.17, 15) is 9.59 Å². The van der Waals surface area contributed by atoms with Crippen molar-refractivity contribution in [3.8, 4) is 0 Å².